The summed E-state index contributed by atoms with van der Waals surface area (Å²) >= 11 is 0. The summed E-state index contributed by atoms with van der Waals surface area (Å²) in [6.45, 7) is 1.96. The van der Waals surface area contributed by atoms with E-state index >= 15 is 0 Å². The monoisotopic (exact) mass is 399 g/mol. The lowest BCUT2D eigenvalue weighted by Crippen LogP contribution is -2.46. The zero-order valence-corrected chi connectivity index (χ0v) is 16.5. The molecule has 154 valence electrons. The van der Waals surface area contributed by atoms with E-state index in [9.17, 15) is 14.0 Å². The fourth-order valence-electron chi connectivity index (χ4n) is 3.93. The second kappa shape index (κ2) is 8.23. The Bertz CT molecular complexity index is 891. The second-order valence-corrected chi connectivity index (χ2v) is 8.00. The Labute approximate surface area is 169 Å². The number of urea groups is 1. The van der Waals surface area contributed by atoms with Crippen LogP contribution in [0.5, 0.6) is 0 Å². The lowest BCUT2D eigenvalue weighted by atomic mass is 9.97. The van der Waals surface area contributed by atoms with Gasteiger partial charge in [-0.05, 0) is 42.9 Å². The number of hydrogen-bond donors (Lipinski definition) is 2. The summed E-state index contributed by atoms with van der Waals surface area (Å²) < 4.78 is 15.0. The van der Waals surface area contributed by atoms with Crippen LogP contribution in [0.15, 0.2) is 36.7 Å². The zero-order chi connectivity index (χ0) is 20.4. The SMILES string of the molecule is Cn1cc(C(=O)NCC2CCN(C(=O)N[C@@H]3C[C@H]3c3cccc(F)c3)CC2)cn1. The fraction of sp³-hybridized carbons (Fsp3) is 0.476. The van der Waals surface area contributed by atoms with E-state index in [1.54, 1.807) is 36.3 Å². The second-order valence-electron chi connectivity index (χ2n) is 8.00. The molecule has 3 amide bonds. The van der Waals surface area contributed by atoms with Crippen LogP contribution in [0, 0.1) is 11.7 Å². The van der Waals surface area contributed by atoms with E-state index < -0.39 is 0 Å². The van der Waals surface area contributed by atoms with Gasteiger partial charge in [-0.15, -0.1) is 0 Å². The van der Waals surface area contributed by atoms with Gasteiger partial charge in [-0.3, -0.25) is 9.48 Å². The Morgan fingerprint density at radius 2 is 2.07 bits per heavy atom. The highest BCUT2D eigenvalue weighted by Gasteiger charge is 2.40. The van der Waals surface area contributed by atoms with Gasteiger partial charge in [-0.25, -0.2) is 9.18 Å². The van der Waals surface area contributed by atoms with Gasteiger partial charge >= 0.3 is 6.03 Å². The first-order chi connectivity index (χ1) is 14.0. The van der Waals surface area contributed by atoms with Crippen LogP contribution in [0.25, 0.3) is 0 Å². The smallest absolute Gasteiger partial charge is 0.317 e. The third-order valence-electron chi connectivity index (χ3n) is 5.80. The van der Waals surface area contributed by atoms with Crippen molar-refractivity contribution in [3.8, 4) is 0 Å². The van der Waals surface area contributed by atoms with Gasteiger partial charge < -0.3 is 15.5 Å². The average Bonchev–Trinajstić information content (AvgIpc) is 3.35. The number of amides is 3. The number of rotatable bonds is 5. The molecule has 1 aliphatic heterocycles. The van der Waals surface area contributed by atoms with Crippen molar-refractivity contribution in [3.05, 3.63) is 53.6 Å². The van der Waals surface area contributed by atoms with E-state index in [1.165, 1.54) is 6.07 Å². The third-order valence-corrected chi connectivity index (χ3v) is 5.80. The molecule has 2 N–H and O–H groups in total. The highest BCUT2D eigenvalue weighted by molar-refractivity contribution is 5.93. The molecule has 1 saturated heterocycles. The van der Waals surface area contributed by atoms with Gasteiger partial charge in [0, 0.05) is 44.8 Å². The number of hydrogen-bond acceptors (Lipinski definition) is 3. The van der Waals surface area contributed by atoms with Crippen LogP contribution in [0.2, 0.25) is 0 Å². The first kappa shape index (κ1) is 19.4. The topological polar surface area (TPSA) is 79.3 Å². The van der Waals surface area contributed by atoms with E-state index in [4.69, 9.17) is 0 Å². The lowest BCUT2D eigenvalue weighted by Gasteiger charge is -2.32. The number of aromatic nitrogens is 2. The maximum Gasteiger partial charge on any atom is 0.317 e. The summed E-state index contributed by atoms with van der Waals surface area (Å²) in [6.07, 6.45) is 5.82. The number of carbonyl (C=O) groups is 2. The van der Waals surface area contributed by atoms with Gasteiger partial charge in [-0.1, -0.05) is 12.1 Å². The van der Waals surface area contributed by atoms with Gasteiger partial charge in [0.25, 0.3) is 5.91 Å². The molecule has 4 rings (SSSR count). The van der Waals surface area contributed by atoms with E-state index in [2.05, 4.69) is 15.7 Å². The molecule has 29 heavy (non-hydrogen) atoms. The van der Waals surface area contributed by atoms with Crippen LogP contribution in [-0.2, 0) is 7.05 Å². The standard InChI is InChI=1S/C21H26FN5O2/c1-26-13-16(12-24-26)20(28)23-11-14-5-7-27(8-6-14)21(29)25-19-10-18(19)15-3-2-4-17(22)9-15/h2-4,9,12-14,18-19H,5-8,10-11H2,1H3,(H,23,28)(H,25,29)/t18-,19+/m0/s1. The molecule has 2 atom stereocenters. The molecular formula is C21H26FN5O2. The molecular weight excluding hydrogens is 373 g/mol. The van der Waals surface area contributed by atoms with Crippen LogP contribution >= 0.6 is 0 Å². The van der Waals surface area contributed by atoms with E-state index in [0.29, 0.717) is 31.1 Å². The molecule has 1 saturated carbocycles. The van der Waals surface area contributed by atoms with Crippen molar-refractivity contribution in [2.24, 2.45) is 13.0 Å². The zero-order valence-electron chi connectivity index (χ0n) is 16.5. The molecule has 2 aromatic rings. The molecule has 7 nitrogen and oxygen atoms in total. The molecule has 1 aliphatic carbocycles. The summed E-state index contributed by atoms with van der Waals surface area (Å²) in [6, 6.07) is 6.63. The third kappa shape index (κ3) is 4.75. The molecule has 2 heterocycles. The Hall–Kier alpha value is -2.90. The number of halogens is 1. The summed E-state index contributed by atoms with van der Waals surface area (Å²) in [5.74, 6) is 0.211. The largest absolute Gasteiger partial charge is 0.352 e. The summed E-state index contributed by atoms with van der Waals surface area (Å²) in [5.41, 5.74) is 1.50. The number of piperidine rings is 1. The van der Waals surface area contributed by atoms with Crippen LogP contribution in [0.1, 0.15) is 41.1 Å². The minimum atomic E-state index is -0.239. The van der Waals surface area contributed by atoms with Crippen molar-refractivity contribution < 1.29 is 14.0 Å². The Morgan fingerprint density at radius 3 is 2.76 bits per heavy atom. The van der Waals surface area contributed by atoms with Crippen LogP contribution in [0.3, 0.4) is 0 Å². The van der Waals surface area contributed by atoms with Crippen LogP contribution in [-0.4, -0.2) is 52.3 Å². The molecule has 1 aromatic heterocycles. The number of carbonyl (C=O) groups excluding carboxylic acids is 2. The van der Waals surface area contributed by atoms with Crippen molar-refractivity contribution >= 4 is 11.9 Å². The van der Waals surface area contributed by atoms with Crippen molar-refractivity contribution in [1.29, 1.82) is 0 Å². The quantitative estimate of drug-likeness (QED) is 0.810. The van der Waals surface area contributed by atoms with Crippen molar-refractivity contribution in [3.63, 3.8) is 0 Å². The van der Waals surface area contributed by atoms with Crippen molar-refractivity contribution in [2.45, 2.75) is 31.2 Å². The van der Waals surface area contributed by atoms with E-state index in [0.717, 1.165) is 24.8 Å². The predicted molar refractivity (Wildman–Crippen MR) is 106 cm³/mol. The Morgan fingerprint density at radius 1 is 1.28 bits per heavy atom. The average molecular weight is 399 g/mol. The maximum absolute atomic E-state index is 13.4. The number of nitrogens with one attached hydrogen (secondary N) is 2. The summed E-state index contributed by atoms with van der Waals surface area (Å²) in [7, 11) is 1.78. The molecule has 0 radical (unpaired) electrons. The maximum atomic E-state index is 13.4. The minimum Gasteiger partial charge on any atom is -0.352 e. The summed E-state index contributed by atoms with van der Waals surface area (Å²) in [5, 5.41) is 10.0. The van der Waals surface area contributed by atoms with E-state index in [1.807, 2.05) is 11.0 Å². The molecule has 0 unspecified atom stereocenters. The first-order valence-corrected chi connectivity index (χ1v) is 10.1. The van der Waals surface area contributed by atoms with Crippen LogP contribution < -0.4 is 10.6 Å². The van der Waals surface area contributed by atoms with Gasteiger partial charge in [0.15, 0.2) is 0 Å². The highest BCUT2D eigenvalue weighted by Crippen LogP contribution is 2.41. The van der Waals surface area contributed by atoms with Gasteiger partial charge in [0.2, 0.25) is 0 Å². The number of aryl methyl sites for hydroxylation is 1. The minimum absolute atomic E-state index is 0.0493. The van der Waals surface area contributed by atoms with Crippen molar-refractivity contribution in [1.82, 2.24) is 25.3 Å². The molecule has 2 fully saturated rings. The van der Waals surface area contributed by atoms with Gasteiger partial charge in [0.1, 0.15) is 5.82 Å². The summed E-state index contributed by atoms with van der Waals surface area (Å²) in [4.78, 5) is 26.5. The number of benzene rings is 1. The van der Waals surface area contributed by atoms with E-state index in [-0.39, 0.29) is 29.7 Å². The van der Waals surface area contributed by atoms with Crippen LogP contribution in [0.4, 0.5) is 9.18 Å². The fourth-order valence-corrected chi connectivity index (χ4v) is 3.93. The molecule has 0 bridgehead atoms. The molecule has 0 spiro atoms. The Balaban J connectivity index is 1.18. The highest BCUT2D eigenvalue weighted by atomic mass is 19.1. The first-order valence-electron chi connectivity index (χ1n) is 10.1. The number of nitrogens with zero attached hydrogens (tertiary/aromatic N) is 3. The molecule has 2 aliphatic rings. The predicted octanol–water partition coefficient (Wildman–Crippen LogP) is 2.27. The normalized spacial score (nSPS) is 21.7. The van der Waals surface area contributed by atoms with Gasteiger partial charge in [-0.2, -0.15) is 5.10 Å². The number of likely N-dealkylation sites (tertiary alicyclic amines) is 1. The van der Waals surface area contributed by atoms with Crippen molar-refractivity contribution in [2.75, 3.05) is 19.6 Å². The lowest BCUT2D eigenvalue weighted by molar-refractivity contribution is 0.0937. The van der Waals surface area contributed by atoms with Gasteiger partial charge in [0.05, 0.1) is 11.8 Å². The molecule has 8 heteroatoms. The Kier molecular flexibility index (Phi) is 5.51. The molecule has 1 aromatic carbocycles.